The van der Waals surface area contributed by atoms with Crippen molar-refractivity contribution in [2.24, 2.45) is 22.7 Å². The van der Waals surface area contributed by atoms with Gasteiger partial charge in [0.2, 0.25) is 0 Å². The maximum Gasteiger partial charge on any atom is 0.338 e. The second-order valence-electron chi connectivity index (χ2n) is 10.7. The summed E-state index contributed by atoms with van der Waals surface area (Å²) < 4.78 is 11.9. The monoisotopic (exact) mass is 452 g/mol. The highest BCUT2D eigenvalue weighted by Gasteiger charge is 2.73. The van der Waals surface area contributed by atoms with Gasteiger partial charge in [-0.05, 0) is 67.7 Å². The molecule has 1 heterocycles. The Labute approximate surface area is 193 Å². The summed E-state index contributed by atoms with van der Waals surface area (Å²) in [5, 5.41) is 22.9. The van der Waals surface area contributed by atoms with Gasteiger partial charge in [0.1, 0.15) is 17.5 Å². The molecule has 7 atom stereocenters. The first kappa shape index (κ1) is 22.2. The number of hydrogen-bond donors (Lipinski definition) is 2. The highest BCUT2D eigenvalue weighted by atomic mass is 16.6. The van der Waals surface area contributed by atoms with Crippen LogP contribution in [0, 0.1) is 22.7 Å². The van der Waals surface area contributed by atoms with Crippen LogP contribution in [-0.4, -0.2) is 33.9 Å². The highest BCUT2D eigenvalue weighted by Crippen LogP contribution is 2.67. The largest absolute Gasteiger partial charge is 0.481 e. The van der Waals surface area contributed by atoms with Crippen molar-refractivity contribution < 1.29 is 29.0 Å². The maximum absolute atomic E-state index is 13.1. The van der Waals surface area contributed by atoms with Gasteiger partial charge < -0.3 is 19.4 Å². The number of carboxylic acids is 1. The molecule has 1 aromatic heterocycles. The number of carbonyl (C=O) groups is 2. The van der Waals surface area contributed by atoms with E-state index in [9.17, 15) is 19.8 Å². The van der Waals surface area contributed by atoms with E-state index in [0.29, 0.717) is 37.7 Å². The molecule has 0 bridgehead atoms. The van der Waals surface area contributed by atoms with Crippen LogP contribution in [0.5, 0.6) is 0 Å². The first-order chi connectivity index (χ1) is 15.6. The van der Waals surface area contributed by atoms with Crippen molar-refractivity contribution in [1.82, 2.24) is 0 Å². The zero-order chi connectivity index (χ0) is 23.6. The smallest absolute Gasteiger partial charge is 0.338 e. The number of furan rings is 1. The van der Waals surface area contributed by atoms with E-state index in [0.717, 1.165) is 11.3 Å². The molecule has 176 valence electrons. The van der Waals surface area contributed by atoms with Gasteiger partial charge in [-0.15, -0.1) is 0 Å². The molecule has 3 aliphatic carbocycles. The second kappa shape index (κ2) is 7.45. The quantitative estimate of drug-likeness (QED) is 0.649. The number of carbonyl (C=O) groups excluding carboxylic acids is 1. The van der Waals surface area contributed by atoms with Gasteiger partial charge in [0.15, 0.2) is 0 Å². The third-order valence-electron chi connectivity index (χ3n) is 9.42. The van der Waals surface area contributed by atoms with Crippen LogP contribution in [0.25, 0.3) is 0 Å². The van der Waals surface area contributed by atoms with Gasteiger partial charge in [0, 0.05) is 11.8 Å². The van der Waals surface area contributed by atoms with Gasteiger partial charge in [-0.25, -0.2) is 4.79 Å². The van der Waals surface area contributed by atoms with Gasteiger partial charge in [-0.2, -0.15) is 0 Å². The molecule has 6 nitrogen and oxygen atoms in total. The lowest BCUT2D eigenvalue weighted by Gasteiger charge is -2.66. The third-order valence-corrected chi connectivity index (χ3v) is 9.42. The van der Waals surface area contributed by atoms with Crippen LogP contribution in [0.4, 0.5) is 0 Å². The summed E-state index contributed by atoms with van der Waals surface area (Å²) in [7, 11) is 0. The number of rotatable bonds is 3. The van der Waals surface area contributed by atoms with E-state index < -0.39 is 34.5 Å². The molecule has 0 spiro atoms. The number of aliphatic carboxylic acids is 1. The lowest BCUT2D eigenvalue weighted by Crippen LogP contribution is -2.75. The van der Waals surface area contributed by atoms with Crippen LogP contribution in [0.15, 0.2) is 47.1 Å². The number of ether oxygens (including phenoxy) is 1. The van der Waals surface area contributed by atoms with Crippen LogP contribution < -0.4 is 0 Å². The lowest BCUT2D eigenvalue weighted by atomic mass is 9.40. The Balaban J connectivity index is 1.63. The average Bonchev–Trinajstić information content (AvgIpc) is 3.27. The Morgan fingerprint density at radius 3 is 2.55 bits per heavy atom. The van der Waals surface area contributed by atoms with Crippen molar-refractivity contribution in [2.45, 2.75) is 70.5 Å². The summed E-state index contributed by atoms with van der Waals surface area (Å²) in [5.74, 6) is -0.311. The van der Waals surface area contributed by atoms with E-state index in [1.807, 2.05) is 19.1 Å². The summed E-state index contributed by atoms with van der Waals surface area (Å²) in [5.41, 5.74) is -2.33. The second-order valence-corrected chi connectivity index (χ2v) is 10.7. The molecule has 33 heavy (non-hydrogen) atoms. The zero-order valence-electron chi connectivity index (χ0n) is 19.4. The van der Waals surface area contributed by atoms with Crippen LogP contribution in [0.2, 0.25) is 0 Å². The van der Waals surface area contributed by atoms with Gasteiger partial charge in [-0.3, -0.25) is 4.79 Å². The minimum Gasteiger partial charge on any atom is -0.481 e. The van der Waals surface area contributed by atoms with Crippen molar-refractivity contribution >= 4 is 11.9 Å². The lowest BCUT2D eigenvalue weighted by molar-refractivity contribution is -0.287. The fourth-order valence-corrected chi connectivity index (χ4v) is 7.52. The first-order valence-corrected chi connectivity index (χ1v) is 11.9. The summed E-state index contributed by atoms with van der Waals surface area (Å²) in [6.07, 6.45) is 3.58. The van der Waals surface area contributed by atoms with Crippen LogP contribution >= 0.6 is 0 Å². The minimum absolute atomic E-state index is 0.0294. The van der Waals surface area contributed by atoms with Gasteiger partial charge in [0.25, 0.3) is 0 Å². The Morgan fingerprint density at radius 2 is 1.85 bits per heavy atom. The van der Waals surface area contributed by atoms with E-state index in [4.69, 9.17) is 9.15 Å². The molecule has 0 radical (unpaired) electrons. The molecule has 5 rings (SSSR count). The Bertz CT molecular complexity index is 1080. The van der Waals surface area contributed by atoms with E-state index >= 15 is 0 Å². The number of esters is 1. The van der Waals surface area contributed by atoms with E-state index in [-0.39, 0.29) is 17.8 Å². The summed E-state index contributed by atoms with van der Waals surface area (Å²) in [6, 6.07) is 10.7. The topological polar surface area (TPSA) is 97.0 Å². The van der Waals surface area contributed by atoms with Gasteiger partial charge in [0.05, 0.1) is 17.2 Å². The number of benzene rings is 1. The Kier molecular flexibility index (Phi) is 5.02. The molecule has 0 saturated heterocycles. The summed E-state index contributed by atoms with van der Waals surface area (Å²) in [6.45, 7) is 5.80. The maximum atomic E-state index is 13.1. The van der Waals surface area contributed by atoms with E-state index in [2.05, 4.69) is 6.92 Å². The molecule has 2 saturated carbocycles. The fourth-order valence-electron chi connectivity index (χ4n) is 7.52. The molecule has 3 aliphatic rings. The molecule has 0 amide bonds. The minimum atomic E-state index is -1.71. The van der Waals surface area contributed by atoms with Crippen molar-refractivity contribution in [3.63, 3.8) is 0 Å². The number of fused-ring (bicyclic) bond motifs is 4. The SMILES string of the molecule is C[C@H]1c2ccoc2C[C@H]2[C@H]1C[C@@H](OC(=O)c1ccccc1)[C@@]1(O)[C@@](C)(C(=O)O)CCC[C@]21C. The van der Waals surface area contributed by atoms with Gasteiger partial charge >= 0.3 is 11.9 Å². The van der Waals surface area contributed by atoms with Crippen molar-refractivity contribution in [2.75, 3.05) is 0 Å². The molecular formula is C27H32O6. The predicted octanol–water partition coefficient (Wildman–Crippen LogP) is 4.81. The molecule has 2 aromatic rings. The van der Waals surface area contributed by atoms with Crippen molar-refractivity contribution in [3.05, 3.63) is 59.5 Å². The van der Waals surface area contributed by atoms with Crippen LogP contribution in [-0.2, 0) is 16.0 Å². The highest BCUT2D eigenvalue weighted by molar-refractivity contribution is 5.89. The normalized spacial score (nSPS) is 39.6. The number of aliphatic hydroxyl groups is 1. The Hall–Kier alpha value is -2.60. The predicted molar refractivity (Wildman–Crippen MR) is 121 cm³/mol. The standard InChI is InChI=1S/C27H32O6/c1-16-18-10-13-32-21(18)15-20-19(16)14-22(33-23(28)17-8-5-4-6-9-17)27(31)25(20,2)11-7-12-26(27,3)24(29)30/h4-6,8-10,13,16,19-20,22,31H,7,11-12,14-15H2,1-3H3,(H,29,30)/t16-,19-,20-,22+,25+,26+,27-/m0/s1. The van der Waals surface area contributed by atoms with Crippen molar-refractivity contribution in [3.8, 4) is 0 Å². The molecule has 6 heteroatoms. The number of carboxylic acid groups (broad SMARTS) is 1. The molecule has 2 fully saturated rings. The van der Waals surface area contributed by atoms with Crippen LogP contribution in [0.3, 0.4) is 0 Å². The first-order valence-electron chi connectivity index (χ1n) is 11.9. The van der Waals surface area contributed by atoms with Crippen molar-refractivity contribution in [1.29, 1.82) is 0 Å². The Morgan fingerprint density at radius 1 is 1.12 bits per heavy atom. The molecule has 0 unspecified atom stereocenters. The number of hydrogen-bond acceptors (Lipinski definition) is 5. The summed E-state index contributed by atoms with van der Waals surface area (Å²) >= 11 is 0. The fraction of sp³-hybridized carbons (Fsp3) is 0.556. The van der Waals surface area contributed by atoms with E-state index in [1.165, 1.54) is 0 Å². The molecule has 1 aromatic carbocycles. The molecule has 2 N–H and O–H groups in total. The average molecular weight is 453 g/mol. The summed E-state index contributed by atoms with van der Waals surface area (Å²) in [4.78, 5) is 25.8. The molecule has 0 aliphatic heterocycles. The third kappa shape index (κ3) is 2.89. The zero-order valence-corrected chi connectivity index (χ0v) is 19.4. The van der Waals surface area contributed by atoms with E-state index in [1.54, 1.807) is 37.5 Å². The molecular weight excluding hydrogens is 420 g/mol. The van der Waals surface area contributed by atoms with Gasteiger partial charge in [-0.1, -0.05) is 38.5 Å². The van der Waals surface area contributed by atoms with Crippen LogP contribution in [0.1, 0.15) is 74.1 Å².